The molecular formula is C74H87CoN10O11+. The van der Waals surface area contributed by atoms with Crippen molar-refractivity contribution in [3.8, 4) is 34.5 Å². The van der Waals surface area contributed by atoms with Gasteiger partial charge in [0.15, 0.2) is 5.54 Å². The number of nitro benzene ring substituents is 2. The van der Waals surface area contributed by atoms with Crippen LogP contribution < -0.4 is 34.6 Å². The molecule has 3 heterocycles. The number of hydrogen-bond donors (Lipinski definition) is 4. The second-order valence-corrected chi connectivity index (χ2v) is 24.0. The average molecular weight is 1350 g/mol. The van der Waals surface area contributed by atoms with Gasteiger partial charge in [-0.05, 0) is 152 Å². The minimum atomic E-state index is -0.588. The van der Waals surface area contributed by atoms with E-state index in [-0.39, 0.29) is 90.9 Å². The number of unbranched alkanes of at least 4 members (excludes halogenated alkanes) is 1. The number of esters is 1. The molecule has 7 aromatic carbocycles. The van der Waals surface area contributed by atoms with E-state index >= 15 is 0 Å². The number of ether oxygens (including phenoxy) is 2. The number of fused-ring (bicyclic) bond motifs is 4. The van der Waals surface area contributed by atoms with Crippen LogP contribution in [-0.4, -0.2) is 93.2 Å². The second-order valence-electron chi connectivity index (χ2n) is 24.0. The number of carbonyl (C=O) groups is 1. The Morgan fingerprint density at radius 3 is 1.58 bits per heavy atom. The number of rotatable bonds is 21. The minimum absolute atomic E-state index is 0. The number of phenols is 4. The molecule has 0 unspecified atom stereocenters. The number of nitro groups is 2. The van der Waals surface area contributed by atoms with E-state index in [9.17, 15) is 45.4 Å². The molecule has 0 atom stereocenters. The molecule has 22 heteroatoms. The van der Waals surface area contributed by atoms with Crippen molar-refractivity contribution in [2.45, 2.75) is 127 Å². The zero-order valence-electron chi connectivity index (χ0n) is 56.9. The quantitative estimate of drug-likeness (QED) is 0.0130. The molecule has 21 nitrogen and oxygen atoms in total. The van der Waals surface area contributed by atoms with Crippen LogP contribution in [0.25, 0.3) is 16.7 Å². The fraction of sp³-hybridized carbons (Fsp3) is 0.351. The van der Waals surface area contributed by atoms with E-state index in [4.69, 9.17) is 9.47 Å². The minimum Gasteiger partial charge on any atom is -0.506 e. The third kappa shape index (κ3) is 16.1. The van der Waals surface area contributed by atoms with Gasteiger partial charge in [-0.2, -0.15) is 0 Å². The smallest absolute Gasteiger partial charge is 0.338 e. The number of nitrogens with zero attached hydrogens (tertiary/aromatic N) is 10. The Labute approximate surface area is 571 Å². The molecule has 7 aromatic rings. The molecule has 0 saturated heterocycles. The summed E-state index contributed by atoms with van der Waals surface area (Å²) < 4.78 is 15.2. The summed E-state index contributed by atoms with van der Waals surface area (Å²) in [6, 6.07) is 33.9. The fourth-order valence-electron chi connectivity index (χ4n) is 12.4. The van der Waals surface area contributed by atoms with Crippen molar-refractivity contribution in [2.75, 3.05) is 60.6 Å². The van der Waals surface area contributed by atoms with Gasteiger partial charge in [-0.15, -0.1) is 20.5 Å². The third-order valence-corrected chi connectivity index (χ3v) is 17.3. The van der Waals surface area contributed by atoms with Gasteiger partial charge in [0, 0.05) is 150 Å². The number of hydrogen-bond acceptors (Lipinski definition) is 18. The van der Waals surface area contributed by atoms with Gasteiger partial charge in [-0.25, -0.2) is 9.37 Å². The number of aromatic hydroxyl groups is 4. The molecule has 0 amide bonds. The van der Waals surface area contributed by atoms with E-state index in [0.29, 0.717) is 12.2 Å². The summed E-state index contributed by atoms with van der Waals surface area (Å²) in [5.74, 6) is 0.758. The first-order chi connectivity index (χ1) is 45.4. The summed E-state index contributed by atoms with van der Waals surface area (Å²) in [6.45, 7) is 33.6. The van der Waals surface area contributed by atoms with Crippen molar-refractivity contribution in [1.82, 2.24) is 4.58 Å². The second kappa shape index (κ2) is 32.0. The Hall–Kier alpha value is -9.93. The van der Waals surface area contributed by atoms with E-state index in [0.717, 1.165) is 122 Å². The van der Waals surface area contributed by atoms with Gasteiger partial charge in [0.25, 0.3) is 11.4 Å². The number of benzene rings is 7. The van der Waals surface area contributed by atoms with Crippen molar-refractivity contribution < 1.29 is 61.3 Å². The van der Waals surface area contributed by atoms with Gasteiger partial charge < -0.3 is 44.6 Å². The number of anilines is 3. The third-order valence-electron chi connectivity index (χ3n) is 17.3. The number of azo groups is 2. The van der Waals surface area contributed by atoms with Crippen molar-refractivity contribution in [1.29, 1.82) is 0 Å². The molecule has 0 aromatic heterocycles. The monoisotopic (exact) mass is 1350 g/mol. The molecular weight excluding hydrogens is 1260 g/mol. The number of non-ortho nitro benzene ring substituents is 2. The summed E-state index contributed by atoms with van der Waals surface area (Å²) in [4.78, 5) is 40.6. The van der Waals surface area contributed by atoms with Crippen LogP contribution in [0, 0.1) is 20.2 Å². The molecule has 0 saturated carbocycles. The molecule has 4 N–H and O–H groups in total. The summed E-state index contributed by atoms with van der Waals surface area (Å²) in [5.41, 5.74) is 11.2. The van der Waals surface area contributed by atoms with E-state index in [2.05, 4.69) is 145 Å². The summed E-state index contributed by atoms with van der Waals surface area (Å²) in [6.07, 6.45) is 8.50. The van der Waals surface area contributed by atoms with Crippen molar-refractivity contribution >= 4 is 73.9 Å². The molecule has 0 spiro atoms. The van der Waals surface area contributed by atoms with Gasteiger partial charge in [-0.3, -0.25) is 20.2 Å². The molecule has 0 aliphatic carbocycles. The fourth-order valence-corrected chi connectivity index (χ4v) is 12.4. The molecule has 96 heavy (non-hydrogen) atoms. The van der Waals surface area contributed by atoms with Crippen LogP contribution in [0.4, 0.5) is 51.2 Å². The maximum Gasteiger partial charge on any atom is 0.338 e. The Bertz CT molecular complexity index is 4180. The zero-order chi connectivity index (χ0) is 69.1. The molecule has 1 radical (unpaired) electrons. The maximum atomic E-state index is 13.7. The number of likely N-dealkylation sites (N-methyl/N-ethyl adjacent to an activating group) is 2. The summed E-state index contributed by atoms with van der Waals surface area (Å²) in [5, 5.41) is 78.6. The first kappa shape index (κ1) is 73.5. The Balaban J connectivity index is 0.000000224. The van der Waals surface area contributed by atoms with Crippen molar-refractivity contribution in [2.24, 2.45) is 20.5 Å². The number of allylic oxidation sites excluding steroid dienone is 2. The van der Waals surface area contributed by atoms with Crippen LogP contribution in [0.5, 0.6) is 34.5 Å². The van der Waals surface area contributed by atoms with Crippen LogP contribution in [-0.2, 0) is 21.5 Å². The Morgan fingerprint density at radius 2 is 1.10 bits per heavy atom. The first-order valence-corrected chi connectivity index (χ1v) is 32.5. The van der Waals surface area contributed by atoms with Gasteiger partial charge >= 0.3 is 5.97 Å². The summed E-state index contributed by atoms with van der Waals surface area (Å²) >= 11 is 0. The van der Waals surface area contributed by atoms with Gasteiger partial charge in [0.2, 0.25) is 5.36 Å². The molecule has 0 fully saturated rings. The topological polar surface area (TPSA) is 265 Å². The van der Waals surface area contributed by atoms with Gasteiger partial charge in [-0.1, -0.05) is 51.5 Å². The summed E-state index contributed by atoms with van der Waals surface area (Å²) in [7, 11) is 0. The van der Waals surface area contributed by atoms with E-state index in [1.54, 1.807) is 36.4 Å². The first-order valence-electron chi connectivity index (χ1n) is 32.5. The van der Waals surface area contributed by atoms with E-state index in [1.165, 1.54) is 57.6 Å². The molecule has 3 aliphatic rings. The van der Waals surface area contributed by atoms with Crippen molar-refractivity contribution in [3.05, 3.63) is 192 Å². The Kier molecular flexibility index (Phi) is 24.5. The Morgan fingerprint density at radius 1 is 0.583 bits per heavy atom. The zero-order valence-corrected chi connectivity index (χ0v) is 58.0. The average Bonchev–Trinajstić information content (AvgIpc) is 0.718. The van der Waals surface area contributed by atoms with Crippen LogP contribution in [0.15, 0.2) is 154 Å². The SMILES string of the molecule is CCCCOC(=O)c1ccccc1C1=c2cc3c(cc2Oc2cc4c(cc21)C(CC)=CC(C)(C)N4CC)=[N+](CC)C(C)(C)C=C3CC.CCN(CC)c1ccc(N=Nc2cc([N+](=O)[O-])ccc2O)c(O)c1.CCN(CC)c1ccc(N=Nc2cc([N+](=O)[O-])ccc2O)c(O)c1.[Co]. The van der Waals surface area contributed by atoms with Gasteiger partial charge in [0.1, 0.15) is 63.8 Å². The predicted molar refractivity (Wildman–Crippen MR) is 376 cm³/mol. The molecule has 507 valence electrons. The van der Waals surface area contributed by atoms with E-state index < -0.39 is 9.85 Å². The van der Waals surface area contributed by atoms with Crippen molar-refractivity contribution in [3.63, 3.8) is 0 Å². The van der Waals surface area contributed by atoms with Gasteiger partial charge in [0.05, 0.1) is 33.6 Å². The van der Waals surface area contributed by atoms with Crippen LogP contribution >= 0.6 is 0 Å². The maximum absolute atomic E-state index is 13.7. The normalized spacial score (nSPS) is 13.8. The van der Waals surface area contributed by atoms with Crippen LogP contribution in [0.3, 0.4) is 0 Å². The van der Waals surface area contributed by atoms with Crippen LogP contribution in [0.2, 0.25) is 0 Å². The molecule has 3 aliphatic heterocycles. The van der Waals surface area contributed by atoms with Crippen LogP contribution in [0.1, 0.15) is 148 Å². The predicted octanol–water partition coefficient (Wildman–Crippen LogP) is 17.0. The number of phenolic OH excluding ortho intramolecular Hbond substituents is 4. The molecule has 0 bridgehead atoms. The van der Waals surface area contributed by atoms with E-state index in [1.807, 2.05) is 45.9 Å². The standard InChI is InChI=1S/C42H51N2O3.2C16H18N4O4.Co/c1-10-15-20-46-40(45)30-19-17-16-18-29(30)39-33-21-31-27(11-2)25-41(6,7)43(13-4)35(31)23-37(33)47-38-24-36-32(22-34(38)39)28(12-3)26-42(8,9)44(36)14-5;2*1-3-19(4-2)11-5-7-13(16(22)10-11)17-18-14-9-12(20(23)24)6-8-15(14)21;/h16-19,21-26H,10-15,20H2,1-9H3;2*5-10,21-22H,3-4H2,1-2H3;/q+1;;;. The molecule has 10 rings (SSSR count). The number of carbonyl (C=O) groups excluding carboxylic acids is 1. The largest absolute Gasteiger partial charge is 0.506 e.